The SMILES string of the molecule is O=C(O)[C@]1(O)COC[C@H]1O. The molecule has 1 rings (SSSR count). The molecule has 5 nitrogen and oxygen atoms in total. The third kappa shape index (κ3) is 0.880. The summed E-state index contributed by atoms with van der Waals surface area (Å²) in [6.45, 7) is -0.466. The molecular formula is C5H8O5. The monoisotopic (exact) mass is 148 g/mol. The van der Waals surface area contributed by atoms with Crippen LogP contribution in [-0.4, -0.2) is 46.2 Å². The number of carboxylic acids is 1. The van der Waals surface area contributed by atoms with Gasteiger partial charge >= 0.3 is 5.97 Å². The number of aliphatic hydroxyl groups is 2. The first-order chi connectivity index (χ1) is 4.57. The smallest absolute Gasteiger partial charge is 0.341 e. The Hall–Kier alpha value is -0.650. The Bertz CT molecular complexity index is 156. The molecule has 1 fully saturated rings. The van der Waals surface area contributed by atoms with Gasteiger partial charge in [0.1, 0.15) is 6.10 Å². The zero-order chi connectivity index (χ0) is 7.78. The maximum atomic E-state index is 10.2. The molecule has 0 aliphatic carbocycles. The van der Waals surface area contributed by atoms with E-state index >= 15 is 0 Å². The van der Waals surface area contributed by atoms with Gasteiger partial charge in [0.15, 0.2) is 0 Å². The van der Waals surface area contributed by atoms with E-state index < -0.39 is 17.7 Å². The fourth-order valence-electron chi connectivity index (χ4n) is 0.764. The highest BCUT2D eigenvalue weighted by atomic mass is 16.5. The topological polar surface area (TPSA) is 87.0 Å². The lowest BCUT2D eigenvalue weighted by molar-refractivity contribution is -0.166. The van der Waals surface area contributed by atoms with E-state index in [1.807, 2.05) is 0 Å². The zero-order valence-corrected chi connectivity index (χ0v) is 5.15. The molecule has 1 saturated heterocycles. The Morgan fingerprint density at radius 3 is 2.50 bits per heavy atom. The van der Waals surface area contributed by atoms with E-state index in [2.05, 4.69) is 4.74 Å². The van der Waals surface area contributed by atoms with E-state index in [0.717, 1.165) is 0 Å². The van der Waals surface area contributed by atoms with Crippen LogP contribution in [-0.2, 0) is 9.53 Å². The van der Waals surface area contributed by atoms with E-state index in [0.29, 0.717) is 0 Å². The van der Waals surface area contributed by atoms with E-state index in [1.54, 1.807) is 0 Å². The molecule has 1 heterocycles. The van der Waals surface area contributed by atoms with E-state index in [4.69, 9.17) is 15.3 Å². The second-order valence-electron chi connectivity index (χ2n) is 2.26. The molecule has 1 aliphatic rings. The highest BCUT2D eigenvalue weighted by Gasteiger charge is 2.48. The van der Waals surface area contributed by atoms with Crippen LogP contribution in [0.4, 0.5) is 0 Å². The highest BCUT2D eigenvalue weighted by Crippen LogP contribution is 2.18. The minimum Gasteiger partial charge on any atom is -0.479 e. The van der Waals surface area contributed by atoms with Crippen LogP contribution in [0.1, 0.15) is 0 Å². The number of hydrogen-bond donors (Lipinski definition) is 3. The average molecular weight is 148 g/mol. The summed E-state index contributed by atoms with van der Waals surface area (Å²) >= 11 is 0. The van der Waals surface area contributed by atoms with Gasteiger partial charge in [-0.1, -0.05) is 0 Å². The zero-order valence-electron chi connectivity index (χ0n) is 5.15. The number of aliphatic hydroxyl groups excluding tert-OH is 1. The first-order valence-corrected chi connectivity index (χ1v) is 2.79. The van der Waals surface area contributed by atoms with Crippen molar-refractivity contribution in [3.05, 3.63) is 0 Å². The number of aliphatic carboxylic acids is 1. The van der Waals surface area contributed by atoms with Crippen molar-refractivity contribution >= 4 is 5.97 Å². The molecule has 0 aromatic carbocycles. The predicted molar refractivity (Wildman–Crippen MR) is 29.4 cm³/mol. The second-order valence-corrected chi connectivity index (χ2v) is 2.26. The Labute approximate surface area is 56.9 Å². The van der Waals surface area contributed by atoms with Gasteiger partial charge in [0, 0.05) is 0 Å². The van der Waals surface area contributed by atoms with Crippen molar-refractivity contribution in [2.24, 2.45) is 0 Å². The third-order valence-corrected chi connectivity index (χ3v) is 1.52. The van der Waals surface area contributed by atoms with Crippen molar-refractivity contribution in [3.63, 3.8) is 0 Å². The van der Waals surface area contributed by atoms with Crippen molar-refractivity contribution in [1.29, 1.82) is 0 Å². The molecule has 10 heavy (non-hydrogen) atoms. The van der Waals surface area contributed by atoms with E-state index in [1.165, 1.54) is 0 Å². The van der Waals surface area contributed by atoms with E-state index in [9.17, 15) is 4.79 Å². The number of rotatable bonds is 1. The van der Waals surface area contributed by atoms with Gasteiger partial charge in [0.25, 0.3) is 0 Å². The van der Waals surface area contributed by atoms with Gasteiger partial charge in [-0.25, -0.2) is 4.79 Å². The molecule has 58 valence electrons. The molecule has 0 aromatic heterocycles. The van der Waals surface area contributed by atoms with Gasteiger partial charge in [0.05, 0.1) is 13.2 Å². The first kappa shape index (κ1) is 7.46. The summed E-state index contributed by atoms with van der Waals surface area (Å²) in [5, 5.41) is 26.3. The molecule has 5 heteroatoms. The Morgan fingerprint density at radius 2 is 2.30 bits per heavy atom. The molecule has 0 radical (unpaired) electrons. The summed E-state index contributed by atoms with van der Waals surface area (Å²) in [5.41, 5.74) is -2.10. The molecule has 0 amide bonds. The van der Waals surface area contributed by atoms with Gasteiger partial charge in [0.2, 0.25) is 5.60 Å². The van der Waals surface area contributed by atoms with Crippen LogP contribution >= 0.6 is 0 Å². The molecule has 3 N–H and O–H groups in total. The van der Waals surface area contributed by atoms with Crippen molar-refractivity contribution < 1.29 is 24.9 Å². The lowest BCUT2D eigenvalue weighted by Crippen LogP contribution is -2.48. The van der Waals surface area contributed by atoms with Crippen LogP contribution in [0.15, 0.2) is 0 Å². The minimum atomic E-state index is -2.10. The lowest BCUT2D eigenvalue weighted by atomic mass is 10.0. The minimum absolute atomic E-state index is 0.122. The predicted octanol–water partition coefficient (Wildman–Crippen LogP) is -1.81. The highest BCUT2D eigenvalue weighted by molar-refractivity contribution is 5.78. The summed E-state index contributed by atoms with van der Waals surface area (Å²) < 4.78 is 4.55. The van der Waals surface area contributed by atoms with Crippen LogP contribution in [0, 0.1) is 0 Å². The van der Waals surface area contributed by atoms with Crippen LogP contribution in [0.2, 0.25) is 0 Å². The fourth-order valence-corrected chi connectivity index (χ4v) is 0.764. The Morgan fingerprint density at radius 1 is 1.70 bits per heavy atom. The quantitative estimate of drug-likeness (QED) is 0.408. The van der Waals surface area contributed by atoms with Crippen molar-refractivity contribution in [1.82, 2.24) is 0 Å². The summed E-state index contributed by atoms with van der Waals surface area (Å²) in [6.07, 6.45) is -1.31. The van der Waals surface area contributed by atoms with Crippen molar-refractivity contribution in [2.75, 3.05) is 13.2 Å². The average Bonchev–Trinajstić information content (AvgIpc) is 2.15. The molecule has 1 aliphatic heterocycles. The fraction of sp³-hybridized carbons (Fsp3) is 0.800. The standard InChI is InChI=1S/C5H8O5/c6-3-1-10-2-5(3,9)4(7)8/h3,6,9H,1-2H2,(H,7,8)/t3-,5+/m1/s1. The van der Waals surface area contributed by atoms with Gasteiger partial charge in [-0.3, -0.25) is 0 Å². The van der Waals surface area contributed by atoms with Crippen molar-refractivity contribution in [2.45, 2.75) is 11.7 Å². The summed E-state index contributed by atoms with van der Waals surface area (Å²) in [4.78, 5) is 10.2. The van der Waals surface area contributed by atoms with Gasteiger partial charge < -0.3 is 20.1 Å². The van der Waals surface area contributed by atoms with Crippen molar-refractivity contribution in [3.8, 4) is 0 Å². The number of carboxylic acid groups (broad SMARTS) is 1. The Balaban J connectivity index is 2.75. The number of hydrogen-bond acceptors (Lipinski definition) is 4. The van der Waals surface area contributed by atoms with Crippen LogP contribution in [0.25, 0.3) is 0 Å². The summed E-state index contributed by atoms with van der Waals surface area (Å²) in [6, 6.07) is 0. The van der Waals surface area contributed by atoms with Crippen LogP contribution in [0.5, 0.6) is 0 Å². The summed E-state index contributed by atoms with van der Waals surface area (Å²) in [5.74, 6) is -1.45. The Kier molecular flexibility index (Phi) is 1.63. The normalized spacial score (nSPS) is 40.0. The molecule has 0 spiro atoms. The van der Waals surface area contributed by atoms with Crippen LogP contribution in [0.3, 0.4) is 0 Å². The number of carbonyl (C=O) groups is 1. The molecule has 0 aromatic rings. The van der Waals surface area contributed by atoms with Gasteiger partial charge in [-0.05, 0) is 0 Å². The maximum absolute atomic E-state index is 10.2. The molecule has 2 atom stereocenters. The molecule has 0 bridgehead atoms. The number of ether oxygens (including phenoxy) is 1. The lowest BCUT2D eigenvalue weighted by Gasteiger charge is -2.17. The van der Waals surface area contributed by atoms with Gasteiger partial charge in [-0.15, -0.1) is 0 Å². The molecular weight excluding hydrogens is 140 g/mol. The first-order valence-electron chi connectivity index (χ1n) is 2.79. The van der Waals surface area contributed by atoms with E-state index in [-0.39, 0.29) is 13.2 Å². The third-order valence-electron chi connectivity index (χ3n) is 1.52. The van der Waals surface area contributed by atoms with Crippen LogP contribution < -0.4 is 0 Å². The largest absolute Gasteiger partial charge is 0.479 e. The molecule has 0 unspecified atom stereocenters. The maximum Gasteiger partial charge on any atom is 0.341 e. The van der Waals surface area contributed by atoms with Gasteiger partial charge in [-0.2, -0.15) is 0 Å². The summed E-state index contributed by atoms with van der Waals surface area (Å²) in [7, 11) is 0. The second kappa shape index (κ2) is 2.19. The molecule has 0 saturated carbocycles.